The molecule has 5 atom stereocenters. The summed E-state index contributed by atoms with van der Waals surface area (Å²) in [5.74, 6) is -0.149. The van der Waals surface area contributed by atoms with E-state index in [0.717, 1.165) is 0 Å². The van der Waals surface area contributed by atoms with E-state index in [9.17, 15) is 4.79 Å². The van der Waals surface area contributed by atoms with Crippen molar-refractivity contribution in [1.29, 1.82) is 0 Å². The summed E-state index contributed by atoms with van der Waals surface area (Å²) in [5, 5.41) is -2.54. The van der Waals surface area contributed by atoms with Gasteiger partial charge in [-0.25, -0.2) is 9.37 Å². The Morgan fingerprint density at radius 3 is 3.07 bits per heavy atom. The lowest BCUT2D eigenvalue weighted by molar-refractivity contribution is -0.0635. The second-order valence-electron chi connectivity index (χ2n) is 6.40. The smallest absolute Gasteiger partial charge is 0.328 e. The van der Waals surface area contributed by atoms with Crippen molar-refractivity contribution in [3.05, 3.63) is 16.7 Å². The number of ether oxygens (including phenoxy) is 1. The van der Waals surface area contributed by atoms with Crippen LogP contribution >= 0.6 is 18.3 Å². The van der Waals surface area contributed by atoms with Crippen molar-refractivity contribution >= 4 is 47.2 Å². The molecule has 0 bridgehead atoms. The second kappa shape index (κ2) is 6.45. The van der Waals surface area contributed by atoms with Gasteiger partial charge in [0.15, 0.2) is 17.4 Å². The van der Waals surface area contributed by atoms with E-state index in [-0.39, 0.29) is 29.8 Å². The Morgan fingerprint density at radius 1 is 1.63 bits per heavy atom. The maximum Gasteiger partial charge on any atom is 0.328 e. The fourth-order valence-corrected chi connectivity index (χ4v) is 5.96. The minimum absolute atomic E-state index is 0.0273. The van der Waals surface area contributed by atoms with Crippen molar-refractivity contribution in [2.75, 3.05) is 12.3 Å². The van der Waals surface area contributed by atoms with E-state index >= 15 is 4.39 Å². The Balaban J connectivity index is 1.71. The van der Waals surface area contributed by atoms with E-state index in [1.807, 2.05) is 0 Å². The van der Waals surface area contributed by atoms with Gasteiger partial charge in [0.25, 0.3) is 10.7 Å². The van der Waals surface area contributed by atoms with Crippen molar-refractivity contribution in [3.8, 4) is 0 Å². The molecule has 2 aromatic heterocycles. The van der Waals surface area contributed by atoms with Crippen LogP contribution in [-0.2, 0) is 30.1 Å². The number of hydrogen-bond acceptors (Lipinski definition) is 9. The molecule has 0 amide bonds. The van der Waals surface area contributed by atoms with Crippen LogP contribution < -0.4 is 11.3 Å². The molecule has 0 aromatic carbocycles. The number of nitrogens with one attached hydrogen (secondary N) is 1. The van der Waals surface area contributed by atoms with Crippen LogP contribution in [0.5, 0.6) is 0 Å². The minimum atomic E-state index is -3.17. The third-order valence-corrected chi connectivity index (χ3v) is 6.90. The largest absolute Gasteiger partial charge is 0.369 e. The van der Waals surface area contributed by atoms with Crippen LogP contribution in [0.2, 0.25) is 0 Å². The van der Waals surface area contributed by atoms with Crippen LogP contribution in [0.4, 0.5) is 10.3 Å². The van der Waals surface area contributed by atoms with Gasteiger partial charge in [-0.2, -0.15) is 4.98 Å². The Bertz CT molecular complexity index is 999. The number of aromatic nitrogens is 4. The molecule has 0 radical (unpaired) electrons. The highest BCUT2D eigenvalue weighted by Gasteiger charge is 2.62. The van der Waals surface area contributed by atoms with E-state index in [1.165, 1.54) is 10.9 Å². The quantitative estimate of drug-likeness (QED) is 0.541. The number of anilines is 1. The standard InChI is InChI=1S/C13H16ClFN5O5PS/c1-5(2)24-26(27)22-3-6-8(25-26)13(14,15)11(23-6)20-4-17-7-9(20)18-12(16)19-10(7)21/h4-6,8,11H,3H2,1-2H3,(H3,16,18,19,21)/t6-,8-,11-,13+,26?/m1/s1. The van der Waals surface area contributed by atoms with Crippen molar-refractivity contribution in [2.45, 2.75) is 43.5 Å². The Labute approximate surface area is 162 Å². The number of imidazole rings is 1. The Hall–Kier alpha value is -1.14. The van der Waals surface area contributed by atoms with Gasteiger partial charge in [-0.1, -0.05) is 11.6 Å². The molecule has 2 aliphatic heterocycles. The molecule has 4 rings (SSSR count). The predicted octanol–water partition coefficient (Wildman–Crippen LogP) is 1.57. The number of nitrogens with zero attached hydrogens (tertiary/aromatic N) is 3. The Morgan fingerprint density at radius 2 is 2.37 bits per heavy atom. The average Bonchev–Trinajstić information content (AvgIpc) is 3.05. The number of aromatic amines is 1. The lowest BCUT2D eigenvalue weighted by atomic mass is 10.1. The van der Waals surface area contributed by atoms with Crippen LogP contribution in [0, 0.1) is 0 Å². The molecule has 1 unspecified atom stereocenters. The summed E-state index contributed by atoms with van der Waals surface area (Å²) < 4.78 is 39.1. The van der Waals surface area contributed by atoms with Gasteiger partial charge in [0.1, 0.15) is 12.2 Å². The van der Waals surface area contributed by atoms with Gasteiger partial charge < -0.3 is 19.5 Å². The first-order valence-corrected chi connectivity index (χ1v) is 10.9. The summed E-state index contributed by atoms with van der Waals surface area (Å²) in [6, 6.07) is 0. The molecule has 14 heteroatoms. The third-order valence-electron chi connectivity index (χ3n) is 4.03. The topological polar surface area (TPSA) is 127 Å². The number of nitrogen functional groups attached to an aromatic ring is 1. The summed E-state index contributed by atoms with van der Waals surface area (Å²) >= 11 is 11.5. The van der Waals surface area contributed by atoms with Crippen LogP contribution in [-0.4, -0.2) is 49.6 Å². The van der Waals surface area contributed by atoms with Gasteiger partial charge in [0, 0.05) is 0 Å². The summed E-state index contributed by atoms with van der Waals surface area (Å²) in [6.45, 7) is 0.296. The molecule has 0 aliphatic carbocycles. The number of H-pyrrole nitrogens is 1. The van der Waals surface area contributed by atoms with Crippen LogP contribution in [0.1, 0.15) is 20.1 Å². The van der Waals surface area contributed by atoms with Gasteiger partial charge >= 0.3 is 6.72 Å². The molecule has 0 saturated carbocycles. The minimum Gasteiger partial charge on any atom is -0.369 e. The zero-order chi connectivity index (χ0) is 19.6. The normalized spacial score (nSPS) is 36.4. The lowest BCUT2D eigenvalue weighted by Crippen LogP contribution is -2.43. The predicted molar refractivity (Wildman–Crippen MR) is 97.5 cm³/mol. The maximum atomic E-state index is 15.6. The summed E-state index contributed by atoms with van der Waals surface area (Å²) in [6.07, 6.45) is -2.53. The highest BCUT2D eigenvalue weighted by molar-refractivity contribution is 8.07. The van der Waals surface area contributed by atoms with Crippen molar-refractivity contribution in [1.82, 2.24) is 19.5 Å². The van der Waals surface area contributed by atoms with E-state index in [2.05, 4.69) is 15.0 Å². The first-order valence-electron chi connectivity index (χ1n) is 7.98. The second-order valence-corrected chi connectivity index (χ2v) is 9.89. The highest BCUT2D eigenvalue weighted by Crippen LogP contribution is 2.61. The van der Waals surface area contributed by atoms with Gasteiger partial charge in [-0.15, -0.1) is 0 Å². The fraction of sp³-hybridized carbons (Fsp3) is 0.615. The van der Waals surface area contributed by atoms with Gasteiger partial charge in [0.05, 0.1) is 19.0 Å². The molecule has 2 aliphatic rings. The number of halogens is 2. The summed E-state index contributed by atoms with van der Waals surface area (Å²) in [5.41, 5.74) is 5.01. The SMILES string of the molecule is CC(C)OP1(=S)OC[C@H]2O[C@@H](n3cnc4c(=O)[nH]c(N)nc43)[C@](F)(Cl)[C@@H]2O1. The molecule has 27 heavy (non-hydrogen) atoms. The van der Waals surface area contributed by atoms with Crippen molar-refractivity contribution in [2.24, 2.45) is 0 Å². The molecule has 4 heterocycles. The number of hydrogen-bond donors (Lipinski definition) is 2. The number of nitrogens with two attached hydrogens (primary N) is 1. The van der Waals surface area contributed by atoms with E-state index < -0.39 is 35.8 Å². The van der Waals surface area contributed by atoms with Crippen LogP contribution in [0.25, 0.3) is 11.2 Å². The Kier molecular flexibility index (Phi) is 4.58. The summed E-state index contributed by atoms with van der Waals surface area (Å²) in [4.78, 5) is 22.2. The lowest BCUT2D eigenvalue weighted by Gasteiger charge is -2.35. The zero-order valence-corrected chi connectivity index (χ0v) is 16.6. The van der Waals surface area contributed by atoms with Gasteiger partial charge in [-0.3, -0.25) is 18.9 Å². The number of rotatable bonds is 3. The number of alkyl halides is 2. The van der Waals surface area contributed by atoms with Crippen molar-refractivity contribution in [3.63, 3.8) is 0 Å². The van der Waals surface area contributed by atoms with E-state index in [4.69, 9.17) is 47.4 Å². The average molecular weight is 440 g/mol. The molecule has 148 valence electrons. The van der Waals surface area contributed by atoms with E-state index in [1.54, 1.807) is 13.8 Å². The first-order chi connectivity index (χ1) is 12.6. The molecule has 0 spiro atoms. The molecule has 2 fully saturated rings. The molecule has 2 aromatic rings. The van der Waals surface area contributed by atoms with Crippen LogP contribution in [0.15, 0.2) is 11.1 Å². The monoisotopic (exact) mass is 439 g/mol. The third kappa shape index (κ3) is 3.19. The zero-order valence-electron chi connectivity index (χ0n) is 14.2. The first kappa shape index (κ1) is 19.2. The van der Waals surface area contributed by atoms with Gasteiger partial charge in [-0.05, 0) is 25.7 Å². The highest BCUT2D eigenvalue weighted by atomic mass is 35.5. The number of fused-ring (bicyclic) bond motifs is 2. The molecule has 10 nitrogen and oxygen atoms in total. The van der Waals surface area contributed by atoms with Crippen LogP contribution in [0.3, 0.4) is 0 Å². The molecular formula is C13H16ClFN5O5PS. The maximum absolute atomic E-state index is 15.6. The van der Waals surface area contributed by atoms with E-state index in [0.29, 0.717) is 0 Å². The molecule has 2 saturated heterocycles. The molecular weight excluding hydrogens is 424 g/mol. The fourth-order valence-electron chi connectivity index (χ4n) is 2.99. The van der Waals surface area contributed by atoms with Gasteiger partial charge in [0.2, 0.25) is 5.95 Å². The summed E-state index contributed by atoms with van der Waals surface area (Å²) in [7, 11) is 0. The molecule has 3 N–H and O–H groups in total. The van der Waals surface area contributed by atoms with Crippen molar-refractivity contribution < 1.29 is 22.7 Å².